The minimum absolute atomic E-state index is 0.175. The highest BCUT2D eigenvalue weighted by Gasteiger charge is 2.35. The second-order valence-corrected chi connectivity index (χ2v) is 10.6. The number of hydrogen-bond acceptors (Lipinski definition) is 7. The molecule has 0 bridgehead atoms. The molecule has 1 amide bonds. The second-order valence-electron chi connectivity index (χ2n) is 10.6. The summed E-state index contributed by atoms with van der Waals surface area (Å²) < 4.78 is 19.6. The maximum Gasteiger partial charge on any atom is 0.265 e. The van der Waals surface area contributed by atoms with Gasteiger partial charge in [-0.15, -0.1) is 0 Å². The Balaban J connectivity index is 1.43. The minimum atomic E-state index is -0.409. The molecule has 3 aromatic heterocycles. The molecule has 200 valence electrons. The summed E-state index contributed by atoms with van der Waals surface area (Å²) in [5.74, 6) is 1.05. The van der Waals surface area contributed by atoms with Crippen LogP contribution in [0.2, 0.25) is 0 Å². The smallest absolute Gasteiger partial charge is 0.265 e. The molecular weight excluding hydrogens is 494 g/mol. The van der Waals surface area contributed by atoms with Crippen molar-refractivity contribution in [1.29, 1.82) is 0 Å². The molecule has 1 atom stereocenters. The van der Waals surface area contributed by atoms with Crippen LogP contribution < -0.4 is 14.4 Å². The van der Waals surface area contributed by atoms with Crippen LogP contribution in [0.1, 0.15) is 41.8 Å². The molecule has 2 aliphatic heterocycles. The first-order chi connectivity index (χ1) is 18.8. The molecule has 9 heteroatoms. The van der Waals surface area contributed by atoms with Gasteiger partial charge >= 0.3 is 0 Å². The van der Waals surface area contributed by atoms with Crippen molar-refractivity contribution in [3.8, 4) is 23.0 Å². The van der Waals surface area contributed by atoms with E-state index in [-0.39, 0.29) is 17.9 Å². The van der Waals surface area contributed by atoms with Crippen LogP contribution in [0.3, 0.4) is 0 Å². The van der Waals surface area contributed by atoms with Gasteiger partial charge in [0.1, 0.15) is 23.1 Å². The van der Waals surface area contributed by atoms with E-state index in [1.165, 1.54) is 0 Å². The van der Waals surface area contributed by atoms with Gasteiger partial charge in [-0.05, 0) is 37.6 Å². The van der Waals surface area contributed by atoms with Crippen LogP contribution in [0.15, 0.2) is 67.0 Å². The number of benzene rings is 1. The third-order valence-corrected chi connectivity index (χ3v) is 6.85. The first-order valence-corrected chi connectivity index (χ1v) is 13.1. The monoisotopic (exact) mass is 525 g/mol. The van der Waals surface area contributed by atoms with E-state index in [1.54, 1.807) is 15.8 Å². The summed E-state index contributed by atoms with van der Waals surface area (Å²) in [5, 5.41) is 4.27. The van der Waals surface area contributed by atoms with E-state index in [9.17, 15) is 4.79 Å². The molecular formula is C30H31N5O4. The lowest BCUT2D eigenvalue weighted by atomic mass is 10.0. The number of anilines is 1. The van der Waals surface area contributed by atoms with E-state index in [1.807, 2.05) is 81.7 Å². The van der Waals surface area contributed by atoms with Crippen LogP contribution >= 0.6 is 0 Å². The zero-order valence-electron chi connectivity index (χ0n) is 22.3. The lowest BCUT2D eigenvalue weighted by Gasteiger charge is -2.24. The largest absolute Gasteiger partial charge is 0.471 e. The Kier molecular flexibility index (Phi) is 6.52. The van der Waals surface area contributed by atoms with Crippen molar-refractivity contribution in [3.63, 3.8) is 0 Å². The summed E-state index contributed by atoms with van der Waals surface area (Å²) in [6, 6.07) is 17.4. The Labute approximate surface area is 227 Å². The van der Waals surface area contributed by atoms with E-state index in [0.29, 0.717) is 43.4 Å². The number of aryl methyl sites for hydroxylation is 1. The molecule has 1 saturated heterocycles. The van der Waals surface area contributed by atoms with Crippen molar-refractivity contribution >= 4 is 11.7 Å². The molecule has 2 aliphatic rings. The number of ether oxygens (including phenoxy) is 3. The number of carbonyl (C=O) groups is 1. The third kappa shape index (κ3) is 5.35. The van der Waals surface area contributed by atoms with Crippen LogP contribution in [0.4, 0.5) is 5.82 Å². The quantitative estimate of drug-likeness (QED) is 0.348. The average molecular weight is 526 g/mol. The molecule has 0 radical (unpaired) electrons. The van der Waals surface area contributed by atoms with Crippen LogP contribution in [-0.2, 0) is 24.8 Å². The van der Waals surface area contributed by atoms with Gasteiger partial charge in [0.25, 0.3) is 5.91 Å². The molecule has 39 heavy (non-hydrogen) atoms. The molecule has 0 N–H and O–H groups in total. The second kappa shape index (κ2) is 10.1. The van der Waals surface area contributed by atoms with Gasteiger partial charge in [-0.2, -0.15) is 10.1 Å². The van der Waals surface area contributed by atoms with Gasteiger partial charge in [-0.25, -0.2) is 4.98 Å². The van der Waals surface area contributed by atoms with Gasteiger partial charge in [0.05, 0.1) is 31.6 Å². The fraction of sp³-hybridized carbons (Fsp3) is 0.333. The van der Waals surface area contributed by atoms with Crippen LogP contribution in [0.5, 0.6) is 11.8 Å². The van der Waals surface area contributed by atoms with Crippen LogP contribution in [0.25, 0.3) is 11.3 Å². The van der Waals surface area contributed by atoms with E-state index >= 15 is 0 Å². The topological polar surface area (TPSA) is 91.6 Å². The normalized spacial score (nSPS) is 17.5. The lowest BCUT2D eigenvalue weighted by Crippen LogP contribution is -2.32. The van der Waals surface area contributed by atoms with Crippen molar-refractivity contribution in [3.05, 3.63) is 83.7 Å². The van der Waals surface area contributed by atoms with Crippen molar-refractivity contribution in [2.24, 2.45) is 7.05 Å². The number of aromatic nitrogens is 4. The zero-order valence-corrected chi connectivity index (χ0v) is 22.3. The maximum absolute atomic E-state index is 14.4. The SMILES string of the molecule is Cn1cc(-c2cccc(N(Cc3ccccc3)C(=O)c3cc4c(nc3O[C@@H]3CCOC3)OC(C)(C)C4)n2)cn1. The van der Waals surface area contributed by atoms with Gasteiger partial charge in [-0.1, -0.05) is 36.4 Å². The molecule has 0 aliphatic carbocycles. The number of rotatable bonds is 7. The van der Waals surface area contributed by atoms with Crippen LogP contribution in [0, 0.1) is 0 Å². The van der Waals surface area contributed by atoms with Gasteiger partial charge in [-0.3, -0.25) is 14.4 Å². The third-order valence-electron chi connectivity index (χ3n) is 6.85. The lowest BCUT2D eigenvalue weighted by molar-refractivity contribution is 0.0969. The fourth-order valence-electron chi connectivity index (χ4n) is 4.96. The van der Waals surface area contributed by atoms with E-state index in [4.69, 9.17) is 24.2 Å². The summed E-state index contributed by atoms with van der Waals surface area (Å²) in [6.07, 6.45) is 4.87. The van der Waals surface area contributed by atoms with Crippen molar-refractivity contribution in [1.82, 2.24) is 19.7 Å². The number of nitrogens with zero attached hydrogens (tertiary/aromatic N) is 5. The molecule has 1 fully saturated rings. The van der Waals surface area contributed by atoms with E-state index in [2.05, 4.69) is 5.10 Å². The van der Waals surface area contributed by atoms with Crippen molar-refractivity contribution < 1.29 is 19.0 Å². The predicted octanol–water partition coefficient (Wildman–Crippen LogP) is 4.61. The Bertz CT molecular complexity index is 1490. The predicted molar refractivity (Wildman–Crippen MR) is 146 cm³/mol. The molecule has 5 heterocycles. The summed E-state index contributed by atoms with van der Waals surface area (Å²) in [6.45, 7) is 5.43. The van der Waals surface area contributed by atoms with Gasteiger partial charge in [0.15, 0.2) is 0 Å². The fourth-order valence-corrected chi connectivity index (χ4v) is 4.96. The first-order valence-electron chi connectivity index (χ1n) is 13.1. The number of hydrogen-bond donors (Lipinski definition) is 0. The summed E-state index contributed by atoms with van der Waals surface area (Å²) >= 11 is 0. The molecule has 6 rings (SSSR count). The minimum Gasteiger partial charge on any atom is -0.471 e. The highest BCUT2D eigenvalue weighted by molar-refractivity contribution is 6.07. The highest BCUT2D eigenvalue weighted by Crippen LogP contribution is 2.38. The molecule has 9 nitrogen and oxygen atoms in total. The number of carbonyl (C=O) groups excluding carboxylic acids is 1. The van der Waals surface area contributed by atoms with Gasteiger partial charge < -0.3 is 14.2 Å². The molecule has 0 spiro atoms. The number of amides is 1. The summed E-state index contributed by atoms with van der Waals surface area (Å²) in [4.78, 5) is 25.7. The maximum atomic E-state index is 14.4. The Morgan fingerprint density at radius 3 is 2.74 bits per heavy atom. The molecule has 4 aromatic rings. The summed E-state index contributed by atoms with van der Waals surface area (Å²) in [5.41, 5.74) is 3.43. The van der Waals surface area contributed by atoms with Crippen LogP contribution in [-0.4, -0.2) is 50.6 Å². The van der Waals surface area contributed by atoms with Gasteiger partial charge in [0, 0.05) is 37.2 Å². The average Bonchev–Trinajstić information content (AvgIpc) is 3.66. The number of pyridine rings is 2. The number of fused-ring (bicyclic) bond motifs is 1. The van der Waals surface area contributed by atoms with E-state index in [0.717, 1.165) is 28.8 Å². The first kappa shape index (κ1) is 25.1. The van der Waals surface area contributed by atoms with Gasteiger partial charge in [0.2, 0.25) is 11.8 Å². The molecule has 1 aromatic carbocycles. The Morgan fingerprint density at radius 2 is 2.00 bits per heavy atom. The van der Waals surface area contributed by atoms with E-state index < -0.39 is 5.60 Å². The van der Waals surface area contributed by atoms with Crippen molar-refractivity contribution in [2.45, 2.75) is 44.9 Å². The standard InChI is InChI=1S/C30H31N5O4/c1-30(2)15-21-14-24(28(33-27(21)39-30)38-23-12-13-37-19-23)29(36)35(17-20-8-5-4-6-9-20)26-11-7-10-25(32-26)22-16-31-34(3)18-22/h4-11,14,16,18,23H,12-13,15,17,19H2,1-3H3/t23-/m1/s1. The Hall–Kier alpha value is -4.24. The Morgan fingerprint density at radius 1 is 1.15 bits per heavy atom. The molecule has 0 unspecified atom stereocenters. The summed E-state index contributed by atoms with van der Waals surface area (Å²) in [7, 11) is 1.86. The highest BCUT2D eigenvalue weighted by atomic mass is 16.6. The zero-order chi connectivity index (χ0) is 27.0. The molecule has 0 saturated carbocycles. The van der Waals surface area contributed by atoms with Crippen molar-refractivity contribution in [2.75, 3.05) is 18.1 Å².